The molecule has 6 rings (SSSR count). The van der Waals surface area contributed by atoms with Gasteiger partial charge in [0.25, 0.3) is 5.56 Å². The summed E-state index contributed by atoms with van der Waals surface area (Å²) >= 11 is 12.2. The summed E-state index contributed by atoms with van der Waals surface area (Å²) in [5.74, 6) is 0.143. The van der Waals surface area contributed by atoms with Crippen LogP contribution in [-0.4, -0.2) is 17.1 Å². The zero-order valence-corrected chi connectivity index (χ0v) is 29.8. The smallest absolute Gasteiger partial charge is 0.338 e. The molecule has 45 heavy (non-hydrogen) atoms. The number of rotatable bonds is 8. The Morgan fingerprint density at radius 2 is 1.69 bits per heavy atom. The Labute approximate surface area is 296 Å². The van der Waals surface area contributed by atoms with Crippen molar-refractivity contribution in [2.45, 2.75) is 19.6 Å². The summed E-state index contributed by atoms with van der Waals surface area (Å²) < 4.78 is 15.8. The summed E-state index contributed by atoms with van der Waals surface area (Å²) in [6.45, 7) is 2.23. The van der Waals surface area contributed by atoms with Gasteiger partial charge in [0.2, 0.25) is 0 Å². The van der Waals surface area contributed by atoms with Gasteiger partial charge >= 0.3 is 5.97 Å². The minimum atomic E-state index is -0.731. The fourth-order valence-electron chi connectivity index (χ4n) is 5.14. The number of fused-ring (bicyclic) bond motifs is 1. The molecule has 5 aromatic rings. The van der Waals surface area contributed by atoms with Crippen molar-refractivity contribution in [3.63, 3.8) is 0 Å². The highest BCUT2D eigenvalue weighted by molar-refractivity contribution is 14.1. The molecule has 1 atom stereocenters. The maximum atomic E-state index is 14.3. The van der Waals surface area contributed by atoms with E-state index in [-0.39, 0.29) is 18.8 Å². The van der Waals surface area contributed by atoms with Crippen molar-refractivity contribution in [2.24, 2.45) is 4.99 Å². The second kappa shape index (κ2) is 14.0. The number of carbonyl (C=O) groups is 1. The van der Waals surface area contributed by atoms with Crippen LogP contribution in [0.3, 0.4) is 0 Å². The SMILES string of the molecule is CCOC(=O)C1=C(c2ccccc2)N=c2s/c(=C\c3cc(I)cc(I)c3OCc3ccccc3Cl)c(=O)n2[C@@H]1c1ccccc1. The summed E-state index contributed by atoms with van der Waals surface area (Å²) in [7, 11) is 0. The monoisotopic (exact) mass is 858 g/mol. The lowest BCUT2D eigenvalue weighted by molar-refractivity contribution is -0.138. The maximum absolute atomic E-state index is 14.3. The van der Waals surface area contributed by atoms with Gasteiger partial charge in [-0.1, -0.05) is 102 Å². The molecular formula is C35H25ClI2N2O4S. The first kappa shape index (κ1) is 31.7. The van der Waals surface area contributed by atoms with Crippen LogP contribution < -0.4 is 19.6 Å². The van der Waals surface area contributed by atoms with Gasteiger partial charge in [0.1, 0.15) is 12.4 Å². The molecular weight excluding hydrogens is 834 g/mol. The molecule has 226 valence electrons. The number of halogens is 3. The number of aromatic nitrogens is 1. The van der Waals surface area contributed by atoms with Crippen molar-refractivity contribution in [1.82, 2.24) is 4.57 Å². The minimum Gasteiger partial charge on any atom is -0.487 e. The highest BCUT2D eigenvalue weighted by Gasteiger charge is 2.35. The lowest BCUT2D eigenvalue weighted by Crippen LogP contribution is -2.40. The number of benzene rings is 4. The second-order valence-corrected chi connectivity index (χ2v) is 13.9. The van der Waals surface area contributed by atoms with Gasteiger partial charge in [-0.05, 0) is 81.9 Å². The van der Waals surface area contributed by atoms with Gasteiger partial charge < -0.3 is 9.47 Å². The molecule has 0 amide bonds. The molecule has 2 heterocycles. The van der Waals surface area contributed by atoms with Crippen molar-refractivity contribution in [2.75, 3.05) is 6.61 Å². The summed E-state index contributed by atoms with van der Waals surface area (Å²) in [5.41, 5.74) is 3.72. The summed E-state index contributed by atoms with van der Waals surface area (Å²) in [6.07, 6.45) is 1.84. The molecule has 0 saturated carbocycles. The molecule has 0 spiro atoms. The van der Waals surface area contributed by atoms with Gasteiger partial charge in [-0.25, -0.2) is 9.79 Å². The van der Waals surface area contributed by atoms with Crippen LogP contribution in [0.1, 0.15) is 35.2 Å². The van der Waals surface area contributed by atoms with E-state index in [4.69, 9.17) is 26.1 Å². The van der Waals surface area contributed by atoms with E-state index in [1.165, 1.54) is 11.3 Å². The fraction of sp³-hybridized carbons (Fsp3) is 0.114. The van der Waals surface area contributed by atoms with Gasteiger partial charge in [0.05, 0.1) is 32.0 Å². The number of thiazole rings is 1. The normalized spacial score (nSPS) is 14.6. The van der Waals surface area contributed by atoms with Crippen molar-refractivity contribution in [3.8, 4) is 5.75 Å². The van der Waals surface area contributed by atoms with Crippen LogP contribution >= 0.6 is 68.1 Å². The van der Waals surface area contributed by atoms with Gasteiger partial charge in [-0.3, -0.25) is 9.36 Å². The molecule has 0 aliphatic carbocycles. The number of carbonyl (C=O) groups excluding carboxylic acids is 1. The van der Waals surface area contributed by atoms with Crippen LogP contribution in [0.2, 0.25) is 5.02 Å². The molecule has 0 unspecified atom stereocenters. The Bertz CT molecular complexity index is 2110. The van der Waals surface area contributed by atoms with Crippen molar-refractivity contribution in [3.05, 3.63) is 157 Å². The zero-order valence-electron chi connectivity index (χ0n) is 23.9. The standard InChI is InChI=1S/C35H25ClI2N2O4S/c1-2-43-34(42)29-30(21-11-5-3-6-12-21)39-35-40(31(29)22-13-7-4-8-14-22)33(41)28(45-35)18-24-17-25(37)19-27(38)32(24)44-20-23-15-9-10-16-26(23)36/h3-19,31H,2,20H2,1H3/b28-18-/t31-/m1/s1. The first-order valence-corrected chi connectivity index (χ1v) is 17.4. The predicted molar refractivity (Wildman–Crippen MR) is 195 cm³/mol. The van der Waals surface area contributed by atoms with Crippen LogP contribution in [-0.2, 0) is 16.1 Å². The Morgan fingerprint density at radius 3 is 2.40 bits per heavy atom. The van der Waals surface area contributed by atoms with Gasteiger partial charge in [-0.15, -0.1) is 0 Å². The molecule has 1 aromatic heterocycles. The first-order valence-electron chi connectivity index (χ1n) is 14.0. The average Bonchev–Trinajstić information content (AvgIpc) is 3.35. The van der Waals surface area contributed by atoms with E-state index in [0.29, 0.717) is 31.4 Å². The molecule has 0 radical (unpaired) electrons. The number of hydrogen-bond acceptors (Lipinski definition) is 6. The van der Waals surface area contributed by atoms with E-state index in [1.807, 2.05) is 103 Å². The third kappa shape index (κ3) is 6.67. The summed E-state index contributed by atoms with van der Waals surface area (Å²) in [5, 5.41) is 0.625. The molecule has 0 N–H and O–H groups in total. The largest absolute Gasteiger partial charge is 0.487 e. The molecule has 1 aliphatic rings. The number of nitrogens with zero attached hydrogens (tertiary/aromatic N) is 2. The Hall–Kier alpha value is -3.26. The van der Waals surface area contributed by atoms with Crippen molar-refractivity contribution >= 4 is 85.9 Å². The van der Waals surface area contributed by atoms with Crippen LogP contribution in [0.15, 0.2) is 112 Å². The van der Waals surface area contributed by atoms with Crippen LogP contribution in [0, 0.1) is 7.14 Å². The van der Waals surface area contributed by atoms with Gasteiger partial charge in [0.15, 0.2) is 4.80 Å². The highest BCUT2D eigenvalue weighted by Crippen LogP contribution is 2.35. The van der Waals surface area contributed by atoms with E-state index in [2.05, 4.69) is 45.2 Å². The molecule has 1 aliphatic heterocycles. The number of esters is 1. The Balaban J connectivity index is 1.56. The van der Waals surface area contributed by atoms with Crippen LogP contribution in [0.25, 0.3) is 11.8 Å². The number of ether oxygens (including phenoxy) is 2. The fourth-order valence-corrected chi connectivity index (χ4v) is 8.36. The minimum absolute atomic E-state index is 0.193. The van der Waals surface area contributed by atoms with Gasteiger partial charge in [0, 0.05) is 25.3 Å². The van der Waals surface area contributed by atoms with E-state index < -0.39 is 12.0 Å². The second-order valence-electron chi connectivity index (χ2n) is 10.0. The van der Waals surface area contributed by atoms with E-state index >= 15 is 0 Å². The third-order valence-corrected chi connectivity index (χ3v) is 9.92. The molecule has 0 fully saturated rings. The molecule has 6 nitrogen and oxygen atoms in total. The molecule has 10 heteroatoms. The quantitative estimate of drug-likeness (QED) is 0.121. The predicted octanol–water partition coefficient (Wildman–Crippen LogP) is 7.38. The van der Waals surface area contributed by atoms with E-state index in [1.54, 1.807) is 11.5 Å². The zero-order chi connectivity index (χ0) is 31.5. The van der Waals surface area contributed by atoms with Gasteiger partial charge in [-0.2, -0.15) is 0 Å². The summed E-state index contributed by atoms with van der Waals surface area (Å²) in [4.78, 5) is 33.4. The molecule has 0 saturated heterocycles. The molecule has 0 bridgehead atoms. The topological polar surface area (TPSA) is 69.9 Å². The van der Waals surface area contributed by atoms with Crippen molar-refractivity contribution in [1.29, 1.82) is 0 Å². The lowest BCUT2D eigenvalue weighted by atomic mass is 9.93. The third-order valence-electron chi connectivity index (χ3n) is 7.14. The Morgan fingerprint density at radius 1 is 1.00 bits per heavy atom. The summed E-state index contributed by atoms with van der Waals surface area (Å²) in [6, 6.07) is 29.9. The maximum Gasteiger partial charge on any atom is 0.338 e. The number of hydrogen-bond donors (Lipinski definition) is 0. The highest BCUT2D eigenvalue weighted by atomic mass is 127. The lowest BCUT2D eigenvalue weighted by Gasteiger charge is -2.25. The Kier molecular flexibility index (Phi) is 9.88. The average molecular weight is 859 g/mol. The van der Waals surface area contributed by atoms with Crippen LogP contribution in [0.4, 0.5) is 0 Å². The van der Waals surface area contributed by atoms with Crippen LogP contribution in [0.5, 0.6) is 5.75 Å². The molecule has 4 aromatic carbocycles. The first-order chi connectivity index (χ1) is 21.9. The van der Waals surface area contributed by atoms with E-state index in [9.17, 15) is 9.59 Å². The van der Waals surface area contributed by atoms with Crippen molar-refractivity contribution < 1.29 is 14.3 Å². The van der Waals surface area contributed by atoms with E-state index in [0.717, 1.165) is 29.4 Å².